The van der Waals surface area contributed by atoms with Crippen molar-refractivity contribution >= 4 is 5.78 Å². The number of Topliss-reactive ketones (excluding diaryl/α,β-unsaturated/α-hetero) is 1. The largest absolute Gasteiger partial charge is 0.505 e. The van der Waals surface area contributed by atoms with Crippen LogP contribution >= 0.6 is 0 Å². The molecule has 0 aliphatic rings. The zero-order valence-corrected chi connectivity index (χ0v) is 8.71. The molecule has 0 aliphatic heterocycles. The predicted molar refractivity (Wildman–Crippen MR) is 54.5 cm³/mol. The molecule has 0 amide bonds. The molecule has 0 heterocycles. The highest BCUT2D eigenvalue weighted by molar-refractivity contribution is 5.78. The van der Waals surface area contributed by atoms with Gasteiger partial charge in [0.1, 0.15) is 5.78 Å². The molecule has 13 heavy (non-hydrogen) atoms. The van der Waals surface area contributed by atoms with E-state index in [1.54, 1.807) is 13.4 Å². The highest BCUT2D eigenvalue weighted by Crippen LogP contribution is 2.03. The summed E-state index contributed by atoms with van der Waals surface area (Å²) in [5.41, 5.74) is 0. The smallest absolute Gasteiger partial charge is 0.132 e. The van der Waals surface area contributed by atoms with Crippen LogP contribution in [0, 0.1) is 0 Å². The molecule has 0 rings (SSSR count). The Kier molecular flexibility index (Phi) is 8.73. The fourth-order valence-electron chi connectivity index (χ4n) is 1.08. The van der Waals surface area contributed by atoms with Crippen molar-refractivity contribution in [1.82, 2.24) is 0 Å². The van der Waals surface area contributed by atoms with Crippen molar-refractivity contribution in [3.8, 4) is 0 Å². The average Bonchev–Trinajstić information content (AvgIpc) is 2.14. The number of carbonyl (C=O) groups is 1. The van der Waals surface area contributed by atoms with E-state index in [9.17, 15) is 4.79 Å². The van der Waals surface area contributed by atoms with E-state index in [1.807, 2.05) is 6.08 Å². The molecule has 0 bridgehead atoms. The molecule has 76 valence electrons. The van der Waals surface area contributed by atoms with Gasteiger partial charge in [0, 0.05) is 12.8 Å². The van der Waals surface area contributed by atoms with Crippen molar-refractivity contribution in [2.45, 2.75) is 45.4 Å². The minimum atomic E-state index is 0.396. The number of hydrogen-bond donors (Lipinski definition) is 0. The molecule has 0 aliphatic carbocycles. The Morgan fingerprint density at radius 2 is 2.00 bits per heavy atom. The highest BCUT2D eigenvalue weighted by atomic mass is 16.5. The van der Waals surface area contributed by atoms with E-state index >= 15 is 0 Å². The van der Waals surface area contributed by atoms with Crippen LogP contribution in [-0.4, -0.2) is 12.9 Å². The van der Waals surface area contributed by atoms with E-state index in [-0.39, 0.29) is 0 Å². The lowest BCUT2D eigenvalue weighted by Gasteiger charge is -1.97. The third-order valence-corrected chi connectivity index (χ3v) is 1.87. The SMILES string of the molecule is CCCCC(=O)CCCC=COC. The molecule has 2 nitrogen and oxygen atoms in total. The van der Waals surface area contributed by atoms with Crippen molar-refractivity contribution in [1.29, 1.82) is 0 Å². The van der Waals surface area contributed by atoms with Gasteiger partial charge in [-0.3, -0.25) is 4.79 Å². The molecule has 0 atom stereocenters. The summed E-state index contributed by atoms with van der Waals surface area (Å²) in [4.78, 5) is 11.2. The second kappa shape index (κ2) is 9.30. The van der Waals surface area contributed by atoms with Gasteiger partial charge in [-0.1, -0.05) is 13.3 Å². The van der Waals surface area contributed by atoms with Crippen LogP contribution < -0.4 is 0 Å². The van der Waals surface area contributed by atoms with E-state index in [2.05, 4.69) is 6.92 Å². The molecule has 0 radical (unpaired) electrons. The van der Waals surface area contributed by atoms with Crippen LogP contribution in [0.5, 0.6) is 0 Å². The summed E-state index contributed by atoms with van der Waals surface area (Å²) >= 11 is 0. The number of carbonyl (C=O) groups excluding carboxylic acids is 1. The van der Waals surface area contributed by atoms with Crippen LogP contribution in [-0.2, 0) is 9.53 Å². The molecular weight excluding hydrogens is 164 g/mol. The Bertz CT molecular complexity index is 150. The van der Waals surface area contributed by atoms with Gasteiger partial charge in [-0.05, 0) is 25.3 Å². The molecule has 2 heteroatoms. The van der Waals surface area contributed by atoms with Crippen LogP contribution in [0.1, 0.15) is 45.4 Å². The highest BCUT2D eigenvalue weighted by Gasteiger charge is 1.98. The van der Waals surface area contributed by atoms with Gasteiger partial charge < -0.3 is 4.74 Å². The van der Waals surface area contributed by atoms with Crippen molar-refractivity contribution in [3.63, 3.8) is 0 Å². The maximum Gasteiger partial charge on any atom is 0.132 e. The monoisotopic (exact) mass is 184 g/mol. The topological polar surface area (TPSA) is 26.3 Å². The fourth-order valence-corrected chi connectivity index (χ4v) is 1.08. The quantitative estimate of drug-likeness (QED) is 0.428. The second-order valence-corrected chi connectivity index (χ2v) is 3.14. The molecule has 0 N–H and O–H groups in total. The Balaban J connectivity index is 3.21. The Labute approximate surface area is 81.0 Å². The van der Waals surface area contributed by atoms with Gasteiger partial charge in [-0.2, -0.15) is 0 Å². The van der Waals surface area contributed by atoms with Gasteiger partial charge in [0.05, 0.1) is 13.4 Å². The lowest BCUT2D eigenvalue weighted by atomic mass is 10.1. The molecule has 0 spiro atoms. The van der Waals surface area contributed by atoms with Crippen molar-refractivity contribution in [2.75, 3.05) is 7.11 Å². The van der Waals surface area contributed by atoms with E-state index < -0.39 is 0 Å². The number of ether oxygens (including phenoxy) is 1. The third-order valence-electron chi connectivity index (χ3n) is 1.87. The van der Waals surface area contributed by atoms with Crippen molar-refractivity contribution in [3.05, 3.63) is 12.3 Å². The first kappa shape index (κ1) is 12.2. The standard InChI is InChI=1S/C11H20O2/c1-3-4-8-11(12)9-6-5-7-10-13-2/h7,10H,3-6,8-9H2,1-2H3. The first-order valence-corrected chi connectivity index (χ1v) is 5.00. The minimum absolute atomic E-state index is 0.396. The van der Waals surface area contributed by atoms with Crippen molar-refractivity contribution < 1.29 is 9.53 Å². The normalized spacial score (nSPS) is 10.6. The van der Waals surface area contributed by atoms with Crippen LogP contribution in [0.3, 0.4) is 0 Å². The average molecular weight is 184 g/mol. The fraction of sp³-hybridized carbons (Fsp3) is 0.727. The molecule has 0 aromatic heterocycles. The first-order chi connectivity index (χ1) is 6.31. The molecule has 0 fully saturated rings. The van der Waals surface area contributed by atoms with Crippen molar-refractivity contribution in [2.24, 2.45) is 0 Å². The van der Waals surface area contributed by atoms with Gasteiger partial charge in [0.25, 0.3) is 0 Å². The summed E-state index contributed by atoms with van der Waals surface area (Å²) in [7, 11) is 1.63. The van der Waals surface area contributed by atoms with Gasteiger partial charge in [-0.25, -0.2) is 0 Å². The van der Waals surface area contributed by atoms with Gasteiger partial charge in [0.15, 0.2) is 0 Å². The van der Waals surface area contributed by atoms with E-state index in [0.29, 0.717) is 12.2 Å². The number of methoxy groups -OCH3 is 1. The summed E-state index contributed by atoms with van der Waals surface area (Å²) in [6.07, 6.45) is 9.11. The van der Waals surface area contributed by atoms with Crippen LogP contribution in [0.4, 0.5) is 0 Å². The van der Waals surface area contributed by atoms with Crippen LogP contribution in [0.25, 0.3) is 0 Å². The summed E-state index contributed by atoms with van der Waals surface area (Å²) in [6, 6.07) is 0. The third kappa shape index (κ3) is 9.12. The maximum absolute atomic E-state index is 11.2. The molecule has 0 saturated carbocycles. The van der Waals surface area contributed by atoms with E-state index in [0.717, 1.165) is 32.1 Å². The van der Waals surface area contributed by atoms with Gasteiger partial charge in [-0.15, -0.1) is 0 Å². The van der Waals surface area contributed by atoms with Crippen LogP contribution in [0.2, 0.25) is 0 Å². The molecule has 0 unspecified atom stereocenters. The molecular formula is C11H20O2. The minimum Gasteiger partial charge on any atom is -0.505 e. The lowest BCUT2D eigenvalue weighted by Crippen LogP contribution is -1.96. The number of ketones is 1. The zero-order valence-electron chi connectivity index (χ0n) is 8.71. The van der Waals surface area contributed by atoms with Gasteiger partial charge in [0.2, 0.25) is 0 Å². The summed E-state index contributed by atoms with van der Waals surface area (Å²) in [5, 5.41) is 0. The predicted octanol–water partition coefficient (Wildman–Crippen LogP) is 3.08. The Morgan fingerprint density at radius 1 is 1.31 bits per heavy atom. The summed E-state index contributed by atoms with van der Waals surface area (Å²) in [6.45, 7) is 2.11. The van der Waals surface area contributed by atoms with E-state index in [4.69, 9.17) is 4.74 Å². The van der Waals surface area contributed by atoms with Gasteiger partial charge >= 0.3 is 0 Å². The number of hydrogen-bond acceptors (Lipinski definition) is 2. The molecule has 0 saturated heterocycles. The zero-order chi connectivity index (χ0) is 9.94. The molecule has 0 aromatic carbocycles. The number of rotatable bonds is 8. The number of unbranched alkanes of at least 4 members (excludes halogenated alkanes) is 2. The maximum atomic E-state index is 11.2. The van der Waals surface area contributed by atoms with Crippen LogP contribution in [0.15, 0.2) is 12.3 Å². The summed E-state index contributed by atoms with van der Waals surface area (Å²) in [5.74, 6) is 0.396. The Morgan fingerprint density at radius 3 is 2.62 bits per heavy atom. The summed E-state index contributed by atoms with van der Waals surface area (Å²) < 4.78 is 4.75. The second-order valence-electron chi connectivity index (χ2n) is 3.14. The number of allylic oxidation sites excluding steroid dienone is 1. The Hall–Kier alpha value is -0.790. The lowest BCUT2D eigenvalue weighted by molar-refractivity contribution is -0.119. The first-order valence-electron chi connectivity index (χ1n) is 5.00. The molecule has 0 aromatic rings. The van der Waals surface area contributed by atoms with E-state index in [1.165, 1.54) is 0 Å².